The molecule has 0 unspecified atom stereocenters. The number of aryl methyl sites for hydroxylation is 2. The molecule has 12 rings (SSSR count). The average Bonchev–Trinajstić information content (AvgIpc) is 3.85. The first-order chi connectivity index (χ1) is 38.4. The van der Waals surface area contributed by atoms with E-state index < -0.39 is 52.2 Å². The first-order valence-electron chi connectivity index (χ1n) is 26.6. The molecule has 0 radical (unpaired) electrons. The van der Waals surface area contributed by atoms with E-state index in [1.807, 2.05) is 51.3 Å². The highest BCUT2D eigenvalue weighted by atomic mass is 19.1. The SMILES string of the molecule is C=CC(=O)N1CCN2c3nc(=O)n(-c4c(C)ccnc4C(C)C)c4cc(-c5c(O)cccc5F)c(F)c(c34)OC[C@H]2C1.Cc1ccnc(C(C)C)c1-n1c(=O)nc2c3c(c(F)c(-c4c(O)cccc4F)cc31)OC[C@H]1CCCCN21. The minimum Gasteiger partial charge on any atom is -0.507 e. The predicted molar refractivity (Wildman–Crippen MR) is 296 cm³/mol. The number of hydrogen-bond acceptors (Lipinski definition) is 13. The second-order valence-corrected chi connectivity index (χ2v) is 21.1. The Balaban J connectivity index is 0.000000170. The van der Waals surface area contributed by atoms with E-state index in [1.54, 1.807) is 29.4 Å². The summed E-state index contributed by atoms with van der Waals surface area (Å²) in [6.45, 7) is 16.8. The van der Waals surface area contributed by atoms with Gasteiger partial charge in [-0.05, 0) is 111 Å². The monoisotopic (exact) mass is 1090 g/mol. The molecule has 0 spiro atoms. The third-order valence-corrected chi connectivity index (χ3v) is 15.5. The third kappa shape index (κ3) is 8.80. The quantitative estimate of drug-likeness (QED) is 0.114. The predicted octanol–water partition coefficient (Wildman–Crippen LogP) is 10.1. The van der Waals surface area contributed by atoms with Crippen LogP contribution in [0.5, 0.6) is 23.0 Å². The molecule has 4 aliphatic heterocycles. The summed E-state index contributed by atoms with van der Waals surface area (Å²) in [7, 11) is 0. The molecule has 1 amide bonds. The molecule has 4 aromatic heterocycles. The largest absolute Gasteiger partial charge is 0.507 e. The summed E-state index contributed by atoms with van der Waals surface area (Å²) in [5, 5.41) is 21.7. The van der Waals surface area contributed by atoms with Gasteiger partial charge < -0.3 is 34.4 Å². The van der Waals surface area contributed by atoms with Crippen LogP contribution in [0.4, 0.5) is 29.2 Å². The zero-order chi connectivity index (χ0) is 56.6. The molecule has 4 aromatic carbocycles. The minimum atomic E-state index is -0.901. The Labute approximate surface area is 456 Å². The van der Waals surface area contributed by atoms with Gasteiger partial charge >= 0.3 is 11.4 Å². The number of ether oxygens (including phenoxy) is 2. The maximum Gasteiger partial charge on any atom is 0.354 e. The van der Waals surface area contributed by atoms with Crippen LogP contribution in [0.3, 0.4) is 0 Å². The molecule has 0 saturated carbocycles. The van der Waals surface area contributed by atoms with Crippen LogP contribution in [-0.2, 0) is 4.79 Å². The van der Waals surface area contributed by atoms with Gasteiger partial charge in [0.15, 0.2) is 23.1 Å². The van der Waals surface area contributed by atoms with Crippen molar-refractivity contribution in [2.45, 2.75) is 84.7 Å². The van der Waals surface area contributed by atoms with Gasteiger partial charge in [0.25, 0.3) is 0 Å². The van der Waals surface area contributed by atoms with Crippen LogP contribution < -0.4 is 30.7 Å². The van der Waals surface area contributed by atoms with E-state index in [2.05, 4.69) is 26.5 Å². The van der Waals surface area contributed by atoms with Crippen LogP contribution in [0.15, 0.2) is 95.3 Å². The maximum atomic E-state index is 16.5. The lowest BCUT2D eigenvalue weighted by Crippen LogP contribution is -2.56. The lowest BCUT2D eigenvalue weighted by molar-refractivity contribution is -0.126. The van der Waals surface area contributed by atoms with E-state index in [0.717, 1.165) is 42.5 Å². The number of carbonyl (C=O) groups excluding carboxylic acids is 1. The number of phenolic OH excluding ortho intramolecular Hbond substituents is 2. The van der Waals surface area contributed by atoms with E-state index in [-0.39, 0.29) is 94.0 Å². The number of rotatable bonds is 7. The van der Waals surface area contributed by atoms with Gasteiger partial charge in [-0.2, -0.15) is 9.97 Å². The smallest absolute Gasteiger partial charge is 0.354 e. The third-order valence-electron chi connectivity index (χ3n) is 15.5. The fourth-order valence-electron chi connectivity index (χ4n) is 11.7. The second kappa shape index (κ2) is 20.8. The molecule has 412 valence electrons. The van der Waals surface area contributed by atoms with Crippen molar-refractivity contribution in [1.29, 1.82) is 0 Å². The van der Waals surface area contributed by atoms with Gasteiger partial charge in [0.2, 0.25) is 5.91 Å². The molecular formula is C60H57F4N9O7. The van der Waals surface area contributed by atoms with Crippen molar-refractivity contribution < 1.29 is 42.0 Å². The van der Waals surface area contributed by atoms with Gasteiger partial charge in [-0.15, -0.1) is 0 Å². The van der Waals surface area contributed by atoms with Gasteiger partial charge in [0.05, 0.1) is 67.8 Å². The van der Waals surface area contributed by atoms with Crippen LogP contribution in [0, 0.1) is 37.1 Å². The molecule has 0 aliphatic carbocycles. The van der Waals surface area contributed by atoms with Crippen molar-refractivity contribution in [3.05, 3.63) is 152 Å². The number of amides is 1. The van der Waals surface area contributed by atoms with Crippen molar-refractivity contribution in [2.24, 2.45) is 0 Å². The van der Waals surface area contributed by atoms with Gasteiger partial charge in [-0.1, -0.05) is 46.4 Å². The number of anilines is 2. The molecule has 4 aliphatic rings. The fourth-order valence-corrected chi connectivity index (χ4v) is 11.7. The highest BCUT2D eigenvalue weighted by molar-refractivity contribution is 6.02. The number of hydrogen-bond donors (Lipinski definition) is 2. The van der Waals surface area contributed by atoms with Gasteiger partial charge in [0.1, 0.15) is 48.0 Å². The first-order valence-corrected chi connectivity index (χ1v) is 26.6. The van der Waals surface area contributed by atoms with Gasteiger partial charge in [0, 0.05) is 49.7 Å². The summed E-state index contributed by atoms with van der Waals surface area (Å²) in [6, 6.07) is 13.3. The molecule has 20 heteroatoms. The zero-order valence-corrected chi connectivity index (χ0v) is 44.9. The zero-order valence-electron chi connectivity index (χ0n) is 44.9. The van der Waals surface area contributed by atoms with E-state index in [1.165, 1.54) is 51.6 Å². The van der Waals surface area contributed by atoms with Crippen molar-refractivity contribution >= 4 is 39.3 Å². The highest BCUT2D eigenvalue weighted by Gasteiger charge is 2.39. The number of halogens is 4. The van der Waals surface area contributed by atoms with E-state index in [4.69, 9.17) is 9.47 Å². The number of aromatic hydroxyl groups is 2. The topological polar surface area (TPSA) is 181 Å². The molecule has 8 heterocycles. The highest BCUT2D eigenvalue weighted by Crippen LogP contribution is 2.48. The summed E-state index contributed by atoms with van der Waals surface area (Å²) in [4.78, 5) is 63.8. The number of phenols is 2. The Kier molecular flexibility index (Phi) is 13.8. The Morgan fingerprint density at radius 2 is 1.15 bits per heavy atom. The number of nitrogens with zero attached hydrogens (tertiary/aromatic N) is 9. The van der Waals surface area contributed by atoms with Crippen molar-refractivity contribution in [3.63, 3.8) is 0 Å². The van der Waals surface area contributed by atoms with Crippen molar-refractivity contribution in [1.82, 2.24) is 34.0 Å². The van der Waals surface area contributed by atoms with E-state index >= 15 is 17.6 Å². The normalized spacial score (nSPS) is 16.6. The number of benzene rings is 4. The molecule has 2 N–H and O–H groups in total. The standard InChI is InChI=1S/C31H29F2N5O4.C29H28F2N4O3/c1-5-23(40)36-11-12-37-18(14-36)15-42-29-25-21(13-19(26(29)33)24-20(32)7-6-8-22(24)39)38(31(41)35-30(25)37)28-17(4)9-10-34-27(28)16(2)3;1-15(2)25-26(16(3)10-11-32-25)35-20-13-18(22-19(30)8-6-9-21(22)36)24(31)27-23(20)28(33-29(35)37)34-12-5-4-7-17(34)14-38-27/h5-10,13,16,18,39H,1,11-12,14-15H2,2-4H3;6,8-11,13,15,17,36H,4-5,7,12,14H2,1-3H3/t18-;17-/m11/s1. The second-order valence-electron chi connectivity index (χ2n) is 21.1. The molecule has 8 aromatic rings. The van der Waals surface area contributed by atoms with Crippen LogP contribution in [0.2, 0.25) is 0 Å². The van der Waals surface area contributed by atoms with Crippen LogP contribution in [-0.4, -0.2) is 102 Å². The number of pyridine rings is 2. The molecule has 2 fully saturated rings. The molecule has 2 saturated heterocycles. The minimum absolute atomic E-state index is 0.0278. The molecule has 0 bridgehead atoms. The lowest BCUT2D eigenvalue weighted by Gasteiger charge is -2.40. The van der Waals surface area contributed by atoms with Crippen molar-refractivity contribution in [3.8, 4) is 56.6 Å². The number of piperidine rings is 1. The molecule has 16 nitrogen and oxygen atoms in total. The van der Waals surface area contributed by atoms with Gasteiger partial charge in [-0.25, -0.2) is 27.2 Å². The Morgan fingerprint density at radius 1 is 0.675 bits per heavy atom. The summed E-state index contributed by atoms with van der Waals surface area (Å²) in [5.41, 5.74) is 2.11. The first kappa shape index (κ1) is 53.2. The maximum absolute atomic E-state index is 16.5. The Hall–Kier alpha value is -8.81. The fraction of sp³-hybridized carbons (Fsp3) is 0.317. The number of fused-ring (bicyclic) bond motifs is 4. The molecule has 2 atom stereocenters. The van der Waals surface area contributed by atoms with E-state index in [0.29, 0.717) is 59.1 Å². The van der Waals surface area contributed by atoms with Crippen LogP contribution in [0.25, 0.3) is 55.4 Å². The summed E-state index contributed by atoms with van der Waals surface area (Å²) in [6.07, 6.45) is 7.30. The summed E-state index contributed by atoms with van der Waals surface area (Å²) in [5.74, 6) is -4.30. The summed E-state index contributed by atoms with van der Waals surface area (Å²) < 4.78 is 78.0. The summed E-state index contributed by atoms with van der Waals surface area (Å²) >= 11 is 0. The Morgan fingerprint density at radius 3 is 1.61 bits per heavy atom. The lowest BCUT2D eigenvalue weighted by atomic mass is 9.98. The molecule has 80 heavy (non-hydrogen) atoms. The van der Waals surface area contributed by atoms with Crippen LogP contribution >= 0.6 is 0 Å². The van der Waals surface area contributed by atoms with Gasteiger partial charge in [-0.3, -0.25) is 23.9 Å². The number of carbonyl (C=O) groups is 1. The van der Waals surface area contributed by atoms with E-state index in [9.17, 15) is 24.6 Å². The number of aromatic nitrogens is 6. The number of piperazine rings is 1. The Bertz CT molecular complexity index is 3960. The van der Waals surface area contributed by atoms with Crippen molar-refractivity contribution in [2.75, 3.05) is 49.2 Å². The average molecular weight is 1090 g/mol. The molecular weight excluding hydrogens is 1030 g/mol. The van der Waals surface area contributed by atoms with Crippen LogP contribution in [0.1, 0.15) is 81.3 Å².